The van der Waals surface area contributed by atoms with Crippen LogP contribution >= 0.6 is 11.6 Å². The summed E-state index contributed by atoms with van der Waals surface area (Å²) >= 11 is 5.83. The van der Waals surface area contributed by atoms with Gasteiger partial charge in [0.1, 0.15) is 11.9 Å². The Hall–Kier alpha value is -2.64. The SMILES string of the molecule is O=C(NC(CCOC1CC(CCc2ccc3c(n2)NCCC3)C1)C(=O)O)c1ccc(Cl)cc1. The number of anilines is 1. The van der Waals surface area contributed by atoms with E-state index >= 15 is 0 Å². The van der Waals surface area contributed by atoms with Crippen LogP contribution in [0.15, 0.2) is 36.4 Å². The molecule has 3 N–H and O–H groups in total. The molecule has 0 radical (unpaired) electrons. The van der Waals surface area contributed by atoms with Crippen molar-refractivity contribution < 1.29 is 19.4 Å². The molecule has 7 nitrogen and oxygen atoms in total. The number of aryl methyl sites for hydroxylation is 2. The molecule has 1 atom stereocenters. The Morgan fingerprint density at radius 1 is 1.21 bits per heavy atom. The second kappa shape index (κ2) is 11.0. The van der Waals surface area contributed by atoms with Gasteiger partial charge in [0.15, 0.2) is 0 Å². The molecule has 4 rings (SSSR count). The third-order valence-corrected chi connectivity index (χ3v) is 6.67. The molecule has 0 bridgehead atoms. The summed E-state index contributed by atoms with van der Waals surface area (Å²) in [5.41, 5.74) is 2.82. The summed E-state index contributed by atoms with van der Waals surface area (Å²) in [6, 6.07) is 9.68. The lowest BCUT2D eigenvalue weighted by Crippen LogP contribution is -2.42. The summed E-state index contributed by atoms with van der Waals surface area (Å²) in [5, 5.41) is 15.9. The van der Waals surface area contributed by atoms with E-state index < -0.39 is 17.9 Å². The number of carbonyl (C=O) groups is 2. The minimum atomic E-state index is -1.07. The maximum atomic E-state index is 12.3. The highest BCUT2D eigenvalue weighted by molar-refractivity contribution is 6.30. The van der Waals surface area contributed by atoms with Gasteiger partial charge in [0.2, 0.25) is 0 Å². The first kappa shape index (κ1) is 23.5. The number of halogens is 1. The molecule has 2 aromatic rings. The number of nitrogens with one attached hydrogen (secondary N) is 2. The van der Waals surface area contributed by atoms with Crippen molar-refractivity contribution in [2.75, 3.05) is 18.5 Å². The van der Waals surface area contributed by atoms with Gasteiger partial charge >= 0.3 is 5.97 Å². The Bertz CT molecular complexity index is 976. The van der Waals surface area contributed by atoms with Crippen molar-refractivity contribution in [2.24, 2.45) is 5.92 Å². The first-order chi connectivity index (χ1) is 16.0. The fourth-order valence-corrected chi connectivity index (χ4v) is 4.49. The van der Waals surface area contributed by atoms with Crippen LogP contribution in [0, 0.1) is 5.92 Å². The van der Waals surface area contributed by atoms with Crippen LogP contribution in [0.2, 0.25) is 5.02 Å². The number of rotatable bonds is 10. The smallest absolute Gasteiger partial charge is 0.326 e. The number of hydrogen-bond donors (Lipinski definition) is 3. The minimum Gasteiger partial charge on any atom is -0.480 e. The van der Waals surface area contributed by atoms with Crippen LogP contribution in [0.25, 0.3) is 0 Å². The van der Waals surface area contributed by atoms with Gasteiger partial charge in [-0.1, -0.05) is 17.7 Å². The van der Waals surface area contributed by atoms with Crippen molar-refractivity contribution in [3.05, 3.63) is 58.2 Å². The summed E-state index contributed by atoms with van der Waals surface area (Å²) in [5.74, 6) is 0.151. The van der Waals surface area contributed by atoms with Crippen molar-refractivity contribution in [2.45, 2.75) is 57.1 Å². The predicted molar refractivity (Wildman–Crippen MR) is 127 cm³/mol. The molecule has 2 heterocycles. The molecule has 1 amide bonds. The number of nitrogens with zero attached hydrogens (tertiary/aromatic N) is 1. The fraction of sp³-hybridized carbons (Fsp3) is 0.480. The Balaban J connectivity index is 1.14. The number of hydrogen-bond acceptors (Lipinski definition) is 5. The van der Waals surface area contributed by atoms with Crippen LogP contribution in [0.3, 0.4) is 0 Å². The highest BCUT2D eigenvalue weighted by Crippen LogP contribution is 2.34. The van der Waals surface area contributed by atoms with Crippen LogP contribution in [0.4, 0.5) is 5.82 Å². The van der Waals surface area contributed by atoms with Gasteiger partial charge in [-0.05, 0) is 80.3 Å². The summed E-state index contributed by atoms with van der Waals surface area (Å²) in [4.78, 5) is 28.6. The van der Waals surface area contributed by atoms with E-state index in [1.54, 1.807) is 24.3 Å². The van der Waals surface area contributed by atoms with Crippen LogP contribution in [0.5, 0.6) is 0 Å². The van der Waals surface area contributed by atoms with Crippen molar-refractivity contribution in [3.63, 3.8) is 0 Å². The van der Waals surface area contributed by atoms with Crippen LogP contribution in [-0.2, 0) is 22.4 Å². The number of carboxylic acids is 1. The fourth-order valence-electron chi connectivity index (χ4n) is 4.36. The standard InChI is InChI=1S/C25H30ClN3O4/c26-19-7-4-18(5-8-19)24(30)29-22(25(31)32)11-13-33-21-14-16(15-21)3-9-20-10-6-17-2-1-12-27-23(17)28-20/h4-8,10,16,21-22H,1-3,9,11-15H2,(H,27,28)(H,29,30)(H,31,32). The molecule has 1 aromatic carbocycles. The Morgan fingerprint density at radius 3 is 2.76 bits per heavy atom. The Morgan fingerprint density at radius 2 is 2.00 bits per heavy atom. The number of benzene rings is 1. The monoisotopic (exact) mass is 471 g/mol. The lowest BCUT2D eigenvalue weighted by Gasteiger charge is -2.35. The van der Waals surface area contributed by atoms with Crippen molar-refractivity contribution in [1.29, 1.82) is 0 Å². The molecule has 1 aliphatic heterocycles. The van der Waals surface area contributed by atoms with Crippen molar-refractivity contribution >= 4 is 29.3 Å². The summed E-state index contributed by atoms with van der Waals surface area (Å²) in [6.07, 6.45) is 6.67. The molecule has 1 aromatic heterocycles. The predicted octanol–water partition coefficient (Wildman–Crippen LogP) is 4.09. The van der Waals surface area contributed by atoms with E-state index in [9.17, 15) is 14.7 Å². The van der Waals surface area contributed by atoms with Gasteiger partial charge < -0.3 is 20.5 Å². The number of fused-ring (bicyclic) bond motifs is 1. The molecule has 1 aliphatic carbocycles. The maximum Gasteiger partial charge on any atom is 0.326 e. The number of aromatic nitrogens is 1. The van der Waals surface area contributed by atoms with E-state index in [4.69, 9.17) is 21.3 Å². The molecule has 8 heteroatoms. The van der Waals surface area contributed by atoms with Gasteiger partial charge in [-0.15, -0.1) is 0 Å². The normalized spacial score (nSPS) is 20.2. The van der Waals surface area contributed by atoms with Gasteiger partial charge in [0.25, 0.3) is 5.91 Å². The zero-order valence-corrected chi connectivity index (χ0v) is 19.3. The molecule has 176 valence electrons. The molecule has 0 saturated heterocycles. The van der Waals surface area contributed by atoms with Gasteiger partial charge in [-0.25, -0.2) is 9.78 Å². The summed E-state index contributed by atoms with van der Waals surface area (Å²) in [7, 11) is 0. The molecule has 2 aliphatic rings. The topological polar surface area (TPSA) is 101 Å². The summed E-state index contributed by atoms with van der Waals surface area (Å²) < 4.78 is 5.86. The van der Waals surface area contributed by atoms with E-state index in [-0.39, 0.29) is 12.5 Å². The average molecular weight is 472 g/mol. The number of carboxylic acid groups (broad SMARTS) is 1. The van der Waals surface area contributed by atoms with E-state index in [0.717, 1.165) is 50.2 Å². The minimum absolute atomic E-state index is 0.162. The number of carbonyl (C=O) groups excluding carboxylic acids is 1. The molecule has 0 spiro atoms. The number of aliphatic carboxylic acids is 1. The largest absolute Gasteiger partial charge is 0.480 e. The van der Waals surface area contributed by atoms with E-state index in [2.05, 4.69) is 22.8 Å². The van der Waals surface area contributed by atoms with Gasteiger partial charge in [0, 0.05) is 35.9 Å². The number of pyridine rings is 1. The first-order valence-corrected chi connectivity index (χ1v) is 12.0. The van der Waals surface area contributed by atoms with E-state index in [1.807, 2.05) is 0 Å². The molecule has 1 fully saturated rings. The highest BCUT2D eigenvalue weighted by Gasteiger charge is 2.30. The quantitative estimate of drug-likeness (QED) is 0.482. The first-order valence-electron chi connectivity index (χ1n) is 11.6. The maximum absolute atomic E-state index is 12.3. The molecule has 1 saturated carbocycles. The van der Waals surface area contributed by atoms with Gasteiger partial charge in [0.05, 0.1) is 6.10 Å². The van der Waals surface area contributed by atoms with E-state index in [0.29, 0.717) is 23.1 Å². The van der Waals surface area contributed by atoms with Crippen LogP contribution in [-0.4, -0.2) is 47.3 Å². The third kappa shape index (κ3) is 6.45. The molecule has 1 unspecified atom stereocenters. The average Bonchev–Trinajstić information content (AvgIpc) is 2.79. The highest BCUT2D eigenvalue weighted by atomic mass is 35.5. The Kier molecular flexibility index (Phi) is 7.83. The third-order valence-electron chi connectivity index (χ3n) is 6.42. The number of ether oxygens (including phenoxy) is 1. The van der Waals surface area contributed by atoms with Crippen molar-refractivity contribution in [1.82, 2.24) is 10.3 Å². The number of amides is 1. The van der Waals surface area contributed by atoms with Crippen molar-refractivity contribution in [3.8, 4) is 0 Å². The van der Waals surface area contributed by atoms with Crippen LogP contribution < -0.4 is 10.6 Å². The van der Waals surface area contributed by atoms with Gasteiger partial charge in [-0.3, -0.25) is 4.79 Å². The second-order valence-corrected chi connectivity index (χ2v) is 9.31. The second-order valence-electron chi connectivity index (χ2n) is 8.87. The van der Waals surface area contributed by atoms with Gasteiger partial charge in [-0.2, -0.15) is 0 Å². The molecular weight excluding hydrogens is 442 g/mol. The molecule has 33 heavy (non-hydrogen) atoms. The lowest BCUT2D eigenvalue weighted by molar-refractivity contribution is -0.140. The zero-order valence-electron chi connectivity index (χ0n) is 18.6. The van der Waals surface area contributed by atoms with Crippen LogP contribution in [0.1, 0.15) is 53.7 Å². The lowest BCUT2D eigenvalue weighted by atomic mass is 9.79. The zero-order chi connectivity index (χ0) is 23.2. The summed E-state index contributed by atoms with van der Waals surface area (Å²) in [6.45, 7) is 1.30. The molecular formula is C25H30ClN3O4. The van der Waals surface area contributed by atoms with E-state index in [1.165, 1.54) is 12.0 Å². The Labute approximate surface area is 198 Å².